The summed E-state index contributed by atoms with van der Waals surface area (Å²) in [5.41, 5.74) is 5.91. The van der Waals surface area contributed by atoms with E-state index in [2.05, 4.69) is 73.0 Å². The first-order valence-corrected chi connectivity index (χ1v) is 9.87. The molecule has 0 atom stereocenters. The van der Waals surface area contributed by atoms with Crippen LogP contribution in [0.25, 0.3) is 33.9 Å². The van der Waals surface area contributed by atoms with Crippen LogP contribution in [0, 0.1) is 6.92 Å². The average molecular weight is 485 g/mol. The van der Waals surface area contributed by atoms with Gasteiger partial charge in [-0.15, -0.1) is 0 Å². The number of pyridine rings is 1. The van der Waals surface area contributed by atoms with Crippen LogP contribution in [-0.2, 0) is 0 Å². The van der Waals surface area contributed by atoms with Gasteiger partial charge in [0.15, 0.2) is 0 Å². The maximum Gasteiger partial charge on any atom is 0.143 e. The van der Waals surface area contributed by atoms with Crippen molar-refractivity contribution < 1.29 is 5.11 Å². The molecule has 6 heteroatoms. The van der Waals surface area contributed by atoms with Gasteiger partial charge in [-0.2, -0.15) is 0 Å². The van der Waals surface area contributed by atoms with Crippen molar-refractivity contribution in [2.75, 3.05) is 0 Å². The van der Waals surface area contributed by atoms with E-state index < -0.39 is 0 Å². The molecular formula is C21H15Br2N3O. The molecule has 4 rings (SSSR count). The van der Waals surface area contributed by atoms with Gasteiger partial charge in [-0.25, -0.2) is 4.98 Å². The predicted molar refractivity (Wildman–Crippen MR) is 114 cm³/mol. The fraction of sp³-hybridized carbons (Fsp3) is 0.0476. The van der Waals surface area contributed by atoms with Crippen LogP contribution in [0.4, 0.5) is 0 Å². The van der Waals surface area contributed by atoms with Crippen molar-refractivity contribution >= 4 is 31.9 Å². The van der Waals surface area contributed by atoms with Crippen LogP contribution >= 0.6 is 31.9 Å². The standard InChI is InChI=1S/C21H15Br2N3O/c1-12-2-4-13(5-3-12)18-19(14-6-8-24-9-7-14)26-21(25-18)15-10-16(22)20(27)17(23)11-15/h2-11,27H,1H3,(H,25,26). The Labute approximate surface area is 173 Å². The van der Waals surface area contributed by atoms with E-state index in [0.717, 1.165) is 33.9 Å². The van der Waals surface area contributed by atoms with E-state index in [0.29, 0.717) is 8.95 Å². The molecule has 2 aromatic heterocycles. The lowest BCUT2D eigenvalue weighted by Gasteiger charge is -2.03. The Bertz CT molecular complexity index is 1080. The summed E-state index contributed by atoms with van der Waals surface area (Å²) >= 11 is 6.77. The third-order valence-corrected chi connectivity index (χ3v) is 5.50. The molecule has 4 nitrogen and oxygen atoms in total. The molecular weight excluding hydrogens is 470 g/mol. The van der Waals surface area contributed by atoms with Crippen molar-refractivity contribution in [3.63, 3.8) is 0 Å². The number of rotatable bonds is 3. The first-order chi connectivity index (χ1) is 13.0. The van der Waals surface area contributed by atoms with Crippen LogP contribution in [0.5, 0.6) is 5.75 Å². The van der Waals surface area contributed by atoms with Gasteiger partial charge >= 0.3 is 0 Å². The highest BCUT2D eigenvalue weighted by Gasteiger charge is 2.17. The molecule has 0 aliphatic carbocycles. The van der Waals surface area contributed by atoms with Gasteiger partial charge in [0, 0.05) is 29.1 Å². The summed E-state index contributed by atoms with van der Waals surface area (Å²) in [6.45, 7) is 2.06. The van der Waals surface area contributed by atoms with Crippen molar-refractivity contribution in [2.45, 2.75) is 6.92 Å². The van der Waals surface area contributed by atoms with E-state index in [-0.39, 0.29) is 5.75 Å². The highest BCUT2D eigenvalue weighted by atomic mass is 79.9. The lowest BCUT2D eigenvalue weighted by Crippen LogP contribution is -1.84. The van der Waals surface area contributed by atoms with Gasteiger partial charge in [0.2, 0.25) is 0 Å². The van der Waals surface area contributed by atoms with Crippen LogP contribution in [-0.4, -0.2) is 20.1 Å². The van der Waals surface area contributed by atoms with E-state index in [4.69, 9.17) is 4.98 Å². The number of benzene rings is 2. The molecule has 2 heterocycles. The Morgan fingerprint density at radius 3 is 2.11 bits per heavy atom. The van der Waals surface area contributed by atoms with Gasteiger partial charge in [-0.1, -0.05) is 29.8 Å². The third kappa shape index (κ3) is 3.55. The number of H-pyrrole nitrogens is 1. The van der Waals surface area contributed by atoms with Crippen LogP contribution < -0.4 is 0 Å². The highest BCUT2D eigenvalue weighted by molar-refractivity contribution is 9.11. The van der Waals surface area contributed by atoms with Gasteiger partial charge in [-0.05, 0) is 63.0 Å². The van der Waals surface area contributed by atoms with Crippen molar-refractivity contribution in [3.8, 4) is 39.7 Å². The summed E-state index contributed by atoms with van der Waals surface area (Å²) in [6.07, 6.45) is 3.53. The van der Waals surface area contributed by atoms with Crippen LogP contribution in [0.3, 0.4) is 0 Å². The molecule has 0 bridgehead atoms. The fourth-order valence-electron chi connectivity index (χ4n) is 2.86. The molecule has 2 N–H and O–H groups in total. The molecule has 0 saturated heterocycles. The maximum absolute atomic E-state index is 9.99. The summed E-state index contributed by atoms with van der Waals surface area (Å²) < 4.78 is 1.20. The number of aromatic hydroxyl groups is 1. The lowest BCUT2D eigenvalue weighted by atomic mass is 10.0. The van der Waals surface area contributed by atoms with E-state index in [1.165, 1.54) is 5.56 Å². The van der Waals surface area contributed by atoms with Gasteiger partial charge < -0.3 is 10.1 Å². The van der Waals surface area contributed by atoms with E-state index >= 15 is 0 Å². The number of aromatic amines is 1. The number of aryl methyl sites for hydroxylation is 1. The minimum absolute atomic E-state index is 0.165. The van der Waals surface area contributed by atoms with Gasteiger partial charge in [-0.3, -0.25) is 4.98 Å². The molecule has 0 aliphatic rings. The number of nitrogens with zero attached hydrogens (tertiary/aromatic N) is 2. The molecule has 0 saturated carbocycles. The zero-order valence-corrected chi connectivity index (χ0v) is 17.5. The zero-order chi connectivity index (χ0) is 19.0. The second-order valence-electron chi connectivity index (χ2n) is 6.20. The maximum atomic E-state index is 9.99. The van der Waals surface area contributed by atoms with E-state index in [9.17, 15) is 5.11 Å². The molecule has 4 aromatic rings. The van der Waals surface area contributed by atoms with Crippen LogP contribution in [0.1, 0.15) is 5.56 Å². The number of nitrogens with one attached hydrogen (secondary N) is 1. The van der Waals surface area contributed by atoms with Crippen LogP contribution in [0.2, 0.25) is 0 Å². The smallest absolute Gasteiger partial charge is 0.143 e. The van der Waals surface area contributed by atoms with E-state index in [1.54, 1.807) is 12.4 Å². The van der Waals surface area contributed by atoms with Crippen molar-refractivity contribution in [3.05, 3.63) is 75.4 Å². The fourth-order valence-corrected chi connectivity index (χ4v) is 4.05. The Hall–Kier alpha value is -2.44. The van der Waals surface area contributed by atoms with E-state index in [1.807, 2.05) is 24.3 Å². The summed E-state index contributed by atoms with van der Waals surface area (Å²) in [7, 11) is 0. The number of hydrogen-bond acceptors (Lipinski definition) is 3. The van der Waals surface area contributed by atoms with Crippen molar-refractivity contribution in [2.24, 2.45) is 0 Å². The molecule has 0 unspecified atom stereocenters. The van der Waals surface area contributed by atoms with Crippen molar-refractivity contribution in [1.82, 2.24) is 15.0 Å². The molecule has 0 spiro atoms. The third-order valence-electron chi connectivity index (χ3n) is 4.29. The summed E-state index contributed by atoms with van der Waals surface area (Å²) in [4.78, 5) is 12.4. The van der Waals surface area contributed by atoms with Gasteiger partial charge in [0.05, 0.1) is 20.3 Å². The van der Waals surface area contributed by atoms with Crippen molar-refractivity contribution in [1.29, 1.82) is 0 Å². The topological polar surface area (TPSA) is 61.8 Å². The number of hydrogen-bond donors (Lipinski definition) is 2. The summed E-state index contributed by atoms with van der Waals surface area (Å²) in [6, 6.07) is 15.9. The largest absolute Gasteiger partial charge is 0.506 e. The van der Waals surface area contributed by atoms with Crippen LogP contribution in [0.15, 0.2) is 69.9 Å². The van der Waals surface area contributed by atoms with Gasteiger partial charge in [0.25, 0.3) is 0 Å². The lowest BCUT2D eigenvalue weighted by molar-refractivity contribution is 0.468. The summed E-state index contributed by atoms with van der Waals surface area (Å²) in [5, 5.41) is 9.99. The monoisotopic (exact) mass is 483 g/mol. The minimum atomic E-state index is 0.165. The predicted octanol–water partition coefficient (Wildman–Crippen LogP) is 6.34. The minimum Gasteiger partial charge on any atom is -0.506 e. The molecule has 27 heavy (non-hydrogen) atoms. The first kappa shape index (κ1) is 17.9. The van der Waals surface area contributed by atoms with Gasteiger partial charge in [0.1, 0.15) is 11.6 Å². The average Bonchev–Trinajstić information content (AvgIpc) is 3.12. The molecule has 134 valence electrons. The summed E-state index contributed by atoms with van der Waals surface area (Å²) in [5.74, 6) is 0.886. The molecule has 0 amide bonds. The highest BCUT2D eigenvalue weighted by Crippen LogP contribution is 2.38. The molecule has 0 radical (unpaired) electrons. The number of aromatic nitrogens is 3. The Kier molecular flexibility index (Phi) is 4.85. The Balaban J connectivity index is 1.91. The first-order valence-electron chi connectivity index (χ1n) is 8.29. The Morgan fingerprint density at radius 1 is 0.852 bits per heavy atom. The quantitative estimate of drug-likeness (QED) is 0.356. The normalized spacial score (nSPS) is 10.9. The SMILES string of the molecule is Cc1ccc(-c2nc(-c3cc(Br)c(O)c(Br)c3)[nH]c2-c2ccncc2)cc1. The number of phenolic OH excluding ortho intramolecular Hbond substituents is 1. The molecule has 2 aromatic carbocycles. The number of imidazole rings is 1. The zero-order valence-electron chi connectivity index (χ0n) is 14.4. The second kappa shape index (κ2) is 7.29. The molecule has 0 aliphatic heterocycles. The number of phenols is 1. The molecule has 0 fully saturated rings. The second-order valence-corrected chi connectivity index (χ2v) is 7.91. The Morgan fingerprint density at radius 2 is 1.48 bits per heavy atom. The number of halogens is 2.